The maximum absolute atomic E-state index is 13.6. The number of amides is 2. The van der Waals surface area contributed by atoms with Crippen molar-refractivity contribution in [3.63, 3.8) is 0 Å². The van der Waals surface area contributed by atoms with E-state index in [9.17, 15) is 9.59 Å². The molecule has 2 amide bonds. The van der Waals surface area contributed by atoms with Gasteiger partial charge in [0.25, 0.3) is 11.8 Å². The van der Waals surface area contributed by atoms with E-state index in [0.29, 0.717) is 29.9 Å². The lowest BCUT2D eigenvalue weighted by Crippen LogP contribution is -2.32. The third-order valence-corrected chi connectivity index (χ3v) is 6.71. The van der Waals surface area contributed by atoms with Crippen molar-refractivity contribution >= 4 is 23.3 Å². The molecular weight excluding hydrogens is 474 g/mol. The highest BCUT2D eigenvalue weighted by molar-refractivity contribution is 6.10. The minimum absolute atomic E-state index is 0.147. The number of fused-ring (bicyclic) bond motifs is 3. The second-order valence-electron chi connectivity index (χ2n) is 9.20. The van der Waals surface area contributed by atoms with Crippen molar-refractivity contribution in [1.82, 2.24) is 14.8 Å². The molecule has 1 aliphatic heterocycles. The molecule has 3 heterocycles. The largest absolute Gasteiger partial charge is 0.307 e. The Morgan fingerprint density at radius 1 is 0.842 bits per heavy atom. The number of aryl methyl sites for hydroxylation is 1. The number of aromatic nitrogens is 3. The van der Waals surface area contributed by atoms with Gasteiger partial charge in [0.15, 0.2) is 0 Å². The summed E-state index contributed by atoms with van der Waals surface area (Å²) in [6, 6.07) is 28.4. The number of benzene rings is 3. The van der Waals surface area contributed by atoms with Gasteiger partial charge in [-0.05, 0) is 47.4 Å². The SMILES string of the molecule is Cn1cc2c(n1)-c1ccccc1N(C(=O)c1ccc(NC(=O)c3ccccc3-c3ccccc3)nc1)CC2. The van der Waals surface area contributed by atoms with Crippen molar-refractivity contribution in [3.05, 3.63) is 120 Å². The van der Waals surface area contributed by atoms with Crippen LogP contribution >= 0.6 is 0 Å². The molecule has 0 fully saturated rings. The van der Waals surface area contributed by atoms with Crippen LogP contribution in [0.25, 0.3) is 22.4 Å². The molecule has 3 aromatic carbocycles. The first kappa shape index (κ1) is 23.4. The average molecular weight is 500 g/mol. The topological polar surface area (TPSA) is 80.1 Å². The first-order valence-corrected chi connectivity index (χ1v) is 12.4. The van der Waals surface area contributed by atoms with E-state index in [1.54, 1.807) is 23.1 Å². The van der Waals surface area contributed by atoms with Crippen LogP contribution in [-0.4, -0.2) is 33.1 Å². The van der Waals surface area contributed by atoms with E-state index in [-0.39, 0.29) is 11.8 Å². The second kappa shape index (κ2) is 9.78. The number of carbonyl (C=O) groups excluding carboxylic acids is 2. The van der Waals surface area contributed by atoms with Gasteiger partial charge < -0.3 is 10.2 Å². The highest BCUT2D eigenvalue weighted by Crippen LogP contribution is 2.36. The molecule has 7 heteroatoms. The van der Waals surface area contributed by atoms with E-state index in [4.69, 9.17) is 0 Å². The van der Waals surface area contributed by atoms with Crippen molar-refractivity contribution < 1.29 is 9.59 Å². The Bertz CT molecular complexity index is 1640. The molecule has 186 valence electrons. The Balaban J connectivity index is 1.23. The molecule has 2 aromatic heterocycles. The van der Waals surface area contributed by atoms with E-state index in [1.165, 1.54) is 6.20 Å². The molecule has 0 aliphatic carbocycles. The molecule has 7 nitrogen and oxygen atoms in total. The zero-order valence-corrected chi connectivity index (χ0v) is 20.8. The molecule has 0 spiro atoms. The number of anilines is 2. The summed E-state index contributed by atoms with van der Waals surface area (Å²) >= 11 is 0. The summed E-state index contributed by atoms with van der Waals surface area (Å²) in [5, 5.41) is 7.50. The zero-order valence-electron chi connectivity index (χ0n) is 20.8. The van der Waals surface area contributed by atoms with Gasteiger partial charge in [-0.25, -0.2) is 4.98 Å². The van der Waals surface area contributed by atoms with Gasteiger partial charge in [-0.3, -0.25) is 14.3 Å². The summed E-state index contributed by atoms with van der Waals surface area (Å²) in [7, 11) is 1.91. The van der Waals surface area contributed by atoms with E-state index in [2.05, 4.69) is 15.4 Å². The van der Waals surface area contributed by atoms with Gasteiger partial charge >= 0.3 is 0 Å². The molecule has 0 saturated carbocycles. The molecule has 1 aliphatic rings. The van der Waals surface area contributed by atoms with E-state index in [1.807, 2.05) is 90.7 Å². The average Bonchev–Trinajstić information content (AvgIpc) is 3.27. The Labute approximate surface area is 220 Å². The van der Waals surface area contributed by atoms with Crippen LogP contribution in [0, 0.1) is 0 Å². The van der Waals surface area contributed by atoms with Crippen LogP contribution < -0.4 is 10.2 Å². The Morgan fingerprint density at radius 2 is 1.58 bits per heavy atom. The highest BCUT2D eigenvalue weighted by atomic mass is 16.2. The number of hydrogen-bond donors (Lipinski definition) is 1. The minimum atomic E-state index is -0.261. The predicted molar refractivity (Wildman–Crippen MR) is 148 cm³/mol. The highest BCUT2D eigenvalue weighted by Gasteiger charge is 2.27. The molecule has 5 aromatic rings. The van der Waals surface area contributed by atoms with Crippen LogP contribution in [0.4, 0.5) is 11.5 Å². The molecule has 0 unspecified atom stereocenters. The number of para-hydroxylation sites is 1. The van der Waals surface area contributed by atoms with Crippen molar-refractivity contribution in [2.24, 2.45) is 7.05 Å². The number of nitrogens with zero attached hydrogens (tertiary/aromatic N) is 4. The third kappa shape index (κ3) is 4.35. The van der Waals surface area contributed by atoms with Crippen molar-refractivity contribution in [2.75, 3.05) is 16.8 Å². The molecule has 0 atom stereocenters. The predicted octanol–water partition coefficient (Wildman–Crippen LogP) is 5.60. The molecule has 38 heavy (non-hydrogen) atoms. The van der Waals surface area contributed by atoms with E-state index >= 15 is 0 Å². The fourth-order valence-corrected chi connectivity index (χ4v) is 4.90. The van der Waals surface area contributed by atoms with Gasteiger partial charge in [0.05, 0.1) is 16.9 Å². The molecule has 0 bridgehead atoms. The van der Waals surface area contributed by atoms with Crippen LogP contribution in [-0.2, 0) is 13.5 Å². The van der Waals surface area contributed by atoms with Crippen LogP contribution in [0.5, 0.6) is 0 Å². The lowest BCUT2D eigenvalue weighted by molar-refractivity contribution is 0.0986. The van der Waals surface area contributed by atoms with E-state index < -0.39 is 0 Å². The Kier molecular flexibility index (Phi) is 6.01. The van der Waals surface area contributed by atoms with Gasteiger partial charge in [0.2, 0.25) is 0 Å². The van der Waals surface area contributed by atoms with Gasteiger partial charge in [-0.15, -0.1) is 0 Å². The van der Waals surface area contributed by atoms with Gasteiger partial charge in [0.1, 0.15) is 5.82 Å². The maximum atomic E-state index is 13.6. The summed E-state index contributed by atoms with van der Waals surface area (Å²) in [6.45, 7) is 0.531. The number of rotatable bonds is 4. The van der Waals surface area contributed by atoms with Gasteiger partial charge in [0, 0.05) is 37.1 Å². The first-order valence-electron chi connectivity index (χ1n) is 12.4. The Hall–Kier alpha value is -5.04. The molecule has 6 rings (SSSR count). The summed E-state index contributed by atoms with van der Waals surface area (Å²) < 4.78 is 1.81. The second-order valence-corrected chi connectivity index (χ2v) is 9.20. The standard InChI is InChI=1S/C31H25N5O2/c1-35-20-23-17-18-36(27-14-8-7-13-26(27)29(23)34-35)31(38)22-15-16-28(32-19-22)33-30(37)25-12-6-5-11-24(25)21-9-3-2-4-10-21/h2-16,19-20H,17-18H2,1H3,(H,32,33,37). The summed E-state index contributed by atoms with van der Waals surface area (Å²) in [5.41, 5.74) is 6.58. The fourth-order valence-electron chi connectivity index (χ4n) is 4.90. The molecule has 0 saturated heterocycles. The lowest BCUT2D eigenvalue weighted by Gasteiger charge is -2.23. The monoisotopic (exact) mass is 499 g/mol. The number of nitrogens with one attached hydrogen (secondary N) is 1. The van der Waals surface area contributed by atoms with E-state index in [0.717, 1.165) is 33.6 Å². The fraction of sp³-hybridized carbons (Fsp3) is 0.0968. The first-order chi connectivity index (χ1) is 18.6. The summed E-state index contributed by atoms with van der Waals surface area (Å²) in [6.07, 6.45) is 4.22. The van der Waals surface area contributed by atoms with Gasteiger partial charge in [-0.1, -0.05) is 66.7 Å². The molecular formula is C31H25N5O2. The molecule has 0 radical (unpaired) electrons. The van der Waals surface area contributed by atoms with Crippen LogP contribution in [0.15, 0.2) is 103 Å². The van der Waals surface area contributed by atoms with Crippen molar-refractivity contribution in [1.29, 1.82) is 0 Å². The Morgan fingerprint density at radius 3 is 2.37 bits per heavy atom. The minimum Gasteiger partial charge on any atom is -0.307 e. The number of carbonyl (C=O) groups is 2. The maximum Gasteiger partial charge on any atom is 0.259 e. The zero-order chi connectivity index (χ0) is 26.1. The van der Waals surface area contributed by atoms with Crippen molar-refractivity contribution in [3.8, 4) is 22.4 Å². The molecule has 1 N–H and O–H groups in total. The normalized spacial score (nSPS) is 12.3. The lowest BCUT2D eigenvalue weighted by atomic mass is 9.99. The number of pyridine rings is 1. The van der Waals surface area contributed by atoms with Crippen LogP contribution in [0.3, 0.4) is 0 Å². The smallest absolute Gasteiger partial charge is 0.259 e. The van der Waals surface area contributed by atoms with Crippen LogP contribution in [0.1, 0.15) is 26.3 Å². The number of hydrogen-bond acceptors (Lipinski definition) is 4. The summed E-state index contributed by atoms with van der Waals surface area (Å²) in [5.74, 6) is -0.0300. The quantitative estimate of drug-likeness (QED) is 0.349. The summed E-state index contributed by atoms with van der Waals surface area (Å²) in [4.78, 5) is 32.9. The third-order valence-electron chi connectivity index (χ3n) is 6.71. The van der Waals surface area contributed by atoms with Gasteiger partial charge in [-0.2, -0.15) is 5.10 Å². The van der Waals surface area contributed by atoms with Crippen molar-refractivity contribution in [2.45, 2.75) is 6.42 Å². The van der Waals surface area contributed by atoms with Crippen LogP contribution in [0.2, 0.25) is 0 Å².